The number of allylic oxidation sites excluding steroid dienone is 2. The number of hydrogen-bond acceptors (Lipinski definition) is 7. The fraction of sp³-hybridized carbons (Fsp3) is 0.294. The van der Waals surface area contributed by atoms with E-state index in [1.54, 1.807) is 36.4 Å². The van der Waals surface area contributed by atoms with Crippen molar-refractivity contribution in [3.8, 4) is 11.5 Å². The van der Waals surface area contributed by atoms with Gasteiger partial charge < -0.3 is 15.2 Å². The number of methoxy groups -OCH3 is 1. The number of carbonyl (C=O) groups is 4. The molecule has 0 bridgehead atoms. The second kappa shape index (κ2) is 11.1. The van der Waals surface area contributed by atoms with Gasteiger partial charge in [0.2, 0.25) is 11.8 Å². The Morgan fingerprint density at radius 3 is 2.30 bits per heavy atom. The second-order valence-corrected chi connectivity index (χ2v) is 13.7. The third-order valence-corrected chi connectivity index (χ3v) is 11.7. The number of phenolic OH excluding ortho intramolecular Hbond substituents is 1. The van der Waals surface area contributed by atoms with Gasteiger partial charge >= 0.3 is 0 Å². The highest BCUT2D eigenvalue weighted by atomic mass is 79.9. The van der Waals surface area contributed by atoms with Crippen molar-refractivity contribution in [2.24, 2.45) is 17.8 Å². The monoisotopic (exact) mass is 723 g/mol. The number of alkyl halides is 3. The number of carbonyl (C=O) groups excluding carboxylic acids is 4. The van der Waals surface area contributed by atoms with Crippen LogP contribution in [0.2, 0.25) is 0 Å². The van der Waals surface area contributed by atoms with Gasteiger partial charge in [0, 0.05) is 17.3 Å². The van der Waals surface area contributed by atoms with Gasteiger partial charge in [-0.3, -0.25) is 29.0 Å². The molecule has 0 aromatic heterocycles. The Hall–Kier alpha value is -3.86. The van der Waals surface area contributed by atoms with Gasteiger partial charge in [0.1, 0.15) is 0 Å². The highest BCUT2D eigenvalue weighted by Crippen LogP contribution is 2.65. The predicted octanol–water partition coefficient (Wildman–Crippen LogP) is 6.06. The number of phenols is 1. The molecule has 2 aliphatic heterocycles. The predicted molar refractivity (Wildman–Crippen MR) is 177 cm³/mol. The van der Waals surface area contributed by atoms with Crippen LogP contribution in [0.5, 0.6) is 11.5 Å². The van der Waals surface area contributed by atoms with Crippen LogP contribution in [0.1, 0.15) is 24.3 Å². The number of rotatable bonds is 6. The van der Waals surface area contributed by atoms with Crippen molar-refractivity contribution in [3.05, 3.63) is 90.0 Å². The molecule has 2 saturated heterocycles. The lowest BCUT2D eigenvalue weighted by Crippen LogP contribution is -2.60. The van der Waals surface area contributed by atoms with Crippen molar-refractivity contribution < 1.29 is 29.0 Å². The van der Waals surface area contributed by atoms with Gasteiger partial charge in [-0.05, 0) is 72.9 Å². The van der Waals surface area contributed by atoms with Crippen molar-refractivity contribution in [2.45, 2.75) is 28.5 Å². The summed E-state index contributed by atoms with van der Waals surface area (Å²) < 4.78 is 5.35. The minimum absolute atomic E-state index is 0.113. The summed E-state index contributed by atoms with van der Waals surface area (Å²) in [6.07, 6.45) is 1.99. The zero-order valence-electron chi connectivity index (χ0n) is 24.5. The fourth-order valence-corrected chi connectivity index (χ4v) is 9.06. The number of amides is 4. The highest BCUT2D eigenvalue weighted by molar-refractivity contribution is 9.09. The standard InChI is InChI=1S/C34H28BrCl2N3O6/c1-46-26-15-18(7-14-25(26)41)28-22-12-13-23-27(24(22)16-33(36)31(44)39(17-35)32(45)34(28,33)37)30(43)40(29(23)42)21-10-8-20(9-11-21)38-19-5-3-2-4-6-19/h2-12,14-15,23-24,27-28,38,41H,13,16-17H2,1H3/t23-,24+,27-,28-,33+,34-/m0/s1. The van der Waals surface area contributed by atoms with E-state index in [4.69, 9.17) is 27.9 Å². The first kappa shape index (κ1) is 30.8. The van der Waals surface area contributed by atoms with Crippen LogP contribution in [0, 0.1) is 17.8 Å². The Kier molecular flexibility index (Phi) is 7.45. The SMILES string of the molecule is COc1cc([C@H]2C3=CC[C@@H]4C(=O)N(c5ccc(Nc6ccccc6)cc5)C(=O)[C@@H]4[C@@H]3C[C@@]3(Cl)C(=O)N(CBr)C(=O)[C@@]23Cl)ccc1O. The number of nitrogens with one attached hydrogen (secondary N) is 1. The summed E-state index contributed by atoms with van der Waals surface area (Å²) >= 11 is 17.8. The van der Waals surface area contributed by atoms with E-state index in [0.29, 0.717) is 16.8 Å². The minimum Gasteiger partial charge on any atom is -0.504 e. The maximum atomic E-state index is 14.3. The second-order valence-electron chi connectivity index (χ2n) is 12.0. The summed E-state index contributed by atoms with van der Waals surface area (Å²) in [6, 6.07) is 21.3. The number of likely N-dealkylation sites (tertiary alicyclic amines) is 1. The van der Waals surface area contributed by atoms with Crippen LogP contribution in [0.3, 0.4) is 0 Å². The molecule has 0 unspecified atom stereocenters. The number of halogens is 3. The molecule has 0 radical (unpaired) electrons. The zero-order valence-corrected chi connectivity index (χ0v) is 27.6. The van der Waals surface area contributed by atoms with E-state index in [9.17, 15) is 24.3 Å². The van der Waals surface area contributed by atoms with Crippen molar-refractivity contribution in [1.82, 2.24) is 4.90 Å². The molecule has 7 rings (SSSR count). The molecule has 9 nitrogen and oxygen atoms in total. The van der Waals surface area contributed by atoms with Crippen LogP contribution >= 0.6 is 39.1 Å². The molecule has 12 heteroatoms. The van der Waals surface area contributed by atoms with Crippen LogP contribution in [-0.4, -0.2) is 55.9 Å². The number of nitrogens with zero attached hydrogens (tertiary/aromatic N) is 2. The number of ether oxygens (including phenoxy) is 1. The lowest BCUT2D eigenvalue weighted by Gasteiger charge is -2.50. The average Bonchev–Trinajstić information content (AvgIpc) is 3.39. The van der Waals surface area contributed by atoms with Crippen molar-refractivity contribution in [3.63, 3.8) is 0 Å². The van der Waals surface area contributed by atoms with Gasteiger partial charge in [-0.25, -0.2) is 0 Å². The van der Waals surface area contributed by atoms with E-state index in [-0.39, 0.29) is 35.7 Å². The molecule has 2 N–H and O–H groups in total. The third-order valence-electron chi connectivity index (χ3n) is 9.74. The molecule has 3 aromatic rings. The number of benzene rings is 3. The number of hydrogen-bond donors (Lipinski definition) is 2. The normalized spacial score (nSPS) is 30.1. The number of fused-ring (bicyclic) bond motifs is 4. The van der Waals surface area contributed by atoms with Gasteiger partial charge in [0.25, 0.3) is 11.8 Å². The van der Waals surface area contributed by atoms with Gasteiger partial charge in [-0.2, -0.15) is 0 Å². The fourth-order valence-electron chi connectivity index (χ4n) is 7.64. The van der Waals surface area contributed by atoms with Crippen molar-refractivity contribution >= 4 is 79.8 Å². The largest absolute Gasteiger partial charge is 0.504 e. The van der Waals surface area contributed by atoms with Crippen LogP contribution in [0.25, 0.3) is 0 Å². The summed E-state index contributed by atoms with van der Waals surface area (Å²) in [6.45, 7) is 0. The summed E-state index contributed by atoms with van der Waals surface area (Å²) in [5.41, 5.74) is 3.15. The zero-order chi connectivity index (χ0) is 32.5. The molecule has 2 aliphatic carbocycles. The van der Waals surface area contributed by atoms with E-state index < -0.39 is 51.1 Å². The topological polar surface area (TPSA) is 116 Å². The summed E-state index contributed by atoms with van der Waals surface area (Å²) in [4.78, 5) is 54.3. The summed E-state index contributed by atoms with van der Waals surface area (Å²) in [5.74, 6) is -5.16. The highest BCUT2D eigenvalue weighted by Gasteiger charge is 2.76. The smallest absolute Gasteiger partial charge is 0.254 e. The van der Waals surface area contributed by atoms with E-state index in [1.165, 1.54) is 18.1 Å². The van der Waals surface area contributed by atoms with Crippen molar-refractivity contribution in [1.29, 1.82) is 0 Å². The first-order valence-corrected chi connectivity index (χ1v) is 16.6. The Morgan fingerprint density at radius 2 is 1.63 bits per heavy atom. The van der Waals surface area contributed by atoms with Crippen molar-refractivity contribution in [2.75, 3.05) is 22.8 Å². The summed E-state index contributed by atoms with van der Waals surface area (Å²) in [7, 11) is 1.40. The third kappa shape index (κ3) is 4.26. The first-order chi connectivity index (χ1) is 22.0. The molecule has 236 valence electrons. The van der Waals surface area contributed by atoms with E-state index in [1.807, 2.05) is 36.4 Å². The lowest BCUT2D eigenvalue weighted by atomic mass is 9.56. The van der Waals surface area contributed by atoms with E-state index in [0.717, 1.165) is 16.3 Å². The Morgan fingerprint density at radius 1 is 0.935 bits per heavy atom. The molecule has 6 atom stereocenters. The quantitative estimate of drug-likeness (QED) is 0.138. The number of anilines is 3. The molecular weight excluding hydrogens is 697 g/mol. The molecule has 3 fully saturated rings. The molecule has 4 aliphatic rings. The van der Waals surface area contributed by atoms with Crippen LogP contribution in [-0.2, 0) is 19.2 Å². The van der Waals surface area contributed by atoms with E-state index >= 15 is 0 Å². The van der Waals surface area contributed by atoms with Crippen LogP contribution in [0.4, 0.5) is 17.1 Å². The van der Waals surface area contributed by atoms with Gasteiger partial charge in [0.05, 0.1) is 30.1 Å². The Labute approximate surface area is 283 Å². The number of imide groups is 2. The molecule has 3 aromatic carbocycles. The molecule has 2 heterocycles. The van der Waals surface area contributed by atoms with Gasteiger partial charge in [0.15, 0.2) is 21.2 Å². The minimum atomic E-state index is -1.94. The Bertz CT molecular complexity index is 1820. The van der Waals surface area contributed by atoms with Gasteiger partial charge in [-0.15, -0.1) is 23.2 Å². The van der Waals surface area contributed by atoms with E-state index in [2.05, 4.69) is 21.2 Å². The Balaban J connectivity index is 1.28. The number of para-hydroxylation sites is 1. The maximum Gasteiger partial charge on any atom is 0.254 e. The first-order valence-electron chi connectivity index (χ1n) is 14.7. The number of aromatic hydroxyl groups is 1. The average molecular weight is 725 g/mol. The lowest BCUT2D eigenvalue weighted by molar-refractivity contribution is -0.138. The maximum absolute atomic E-state index is 14.3. The molecule has 4 amide bonds. The summed E-state index contributed by atoms with van der Waals surface area (Å²) in [5, 5.41) is 13.6. The molecule has 0 spiro atoms. The van der Waals surface area contributed by atoms with Gasteiger partial charge in [-0.1, -0.05) is 51.8 Å². The molecule has 1 saturated carbocycles. The van der Waals surface area contributed by atoms with Crippen LogP contribution in [0.15, 0.2) is 84.4 Å². The molecular formula is C34H28BrCl2N3O6. The van der Waals surface area contributed by atoms with Crippen LogP contribution < -0.4 is 15.0 Å². The molecule has 46 heavy (non-hydrogen) atoms.